The van der Waals surface area contributed by atoms with Crippen LogP contribution in [0.4, 0.5) is 0 Å². The molecular formula is C14H18ClN5O. The van der Waals surface area contributed by atoms with E-state index < -0.39 is 0 Å². The summed E-state index contributed by atoms with van der Waals surface area (Å²) < 4.78 is 5.20. The first-order chi connectivity index (χ1) is 10.2. The molecule has 0 fully saturated rings. The Hall–Kier alpha value is -2.08. The molecule has 0 saturated carbocycles. The van der Waals surface area contributed by atoms with E-state index in [9.17, 15) is 0 Å². The van der Waals surface area contributed by atoms with Gasteiger partial charge in [0.1, 0.15) is 0 Å². The Balaban J connectivity index is 1.87. The SMILES string of the molecule is CCCN=C(N)NCCc1nc(-c2ccc(Cl)cc2)no1. The molecule has 1 aromatic carbocycles. The lowest BCUT2D eigenvalue weighted by Crippen LogP contribution is -2.33. The van der Waals surface area contributed by atoms with E-state index in [1.54, 1.807) is 12.1 Å². The molecule has 0 unspecified atom stereocenters. The number of aromatic nitrogens is 2. The molecule has 0 aliphatic rings. The summed E-state index contributed by atoms with van der Waals surface area (Å²) in [5.41, 5.74) is 6.56. The Morgan fingerprint density at radius 3 is 2.86 bits per heavy atom. The first kappa shape index (κ1) is 15.3. The zero-order valence-corrected chi connectivity index (χ0v) is 12.6. The lowest BCUT2D eigenvalue weighted by atomic mass is 10.2. The van der Waals surface area contributed by atoms with E-state index in [-0.39, 0.29) is 0 Å². The monoisotopic (exact) mass is 307 g/mol. The minimum absolute atomic E-state index is 0.439. The van der Waals surface area contributed by atoms with E-state index >= 15 is 0 Å². The highest BCUT2D eigenvalue weighted by atomic mass is 35.5. The average Bonchev–Trinajstić information content (AvgIpc) is 2.95. The van der Waals surface area contributed by atoms with Gasteiger partial charge in [0.05, 0.1) is 0 Å². The van der Waals surface area contributed by atoms with Crippen molar-refractivity contribution in [2.24, 2.45) is 10.7 Å². The van der Waals surface area contributed by atoms with Gasteiger partial charge in [-0.25, -0.2) is 0 Å². The highest BCUT2D eigenvalue weighted by Gasteiger charge is 2.08. The second-order valence-electron chi connectivity index (χ2n) is 4.46. The molecule has 0 bridgehead atoms. The summed E-state index contributed by atoms with van der Waals surface area (Å²) in [6, 6.07) is 7.29. The summed E-state index contributed by atoms with van der Waals surface area (Å²) in [7, 11) is 0. The standard InChI is InChI=1S/C14H18ClN5O/c1-2-8-17-14(16)18-9-7-12-19-13(20-21-12)10-3-5-11(15)6-4-10/h3-6H,2,7-9H2,1H3,(H3,16,17,18). The van der Waals surface area contributed by atoms with Crippen molar-refractivity contribution >= 4 is 17.6 Å². The Kier molecular flexibility index (Phi) is 5.57. The van der Waals surface area contributed by atoms with Gasteiger partial charge in [0.25, 0.3) is 0 Å². The second-order valence-corrected chi connectivity index (χ2v) is 4.90. The number of aliphatic imine (C=N–C) groups is 1. The van der Waals surface area contributed by atoms with E-state index in [0.717, 1.165) is 18.5 Å². The van der Waals surface area contributed by atoms with Crippen LogP contribution in [0.25, 0.3) is 11.4 Å². The van der Waals surface area contributed by atoms with Gasteiger partial charge >= 0.3 is 0 Å². The summed E-state index contributed by atoms with van der Waals surface area (Å²) in [5, 5.41) is 7.62. The van der Waals surface area contributed by atoms with E-state index in [0.29, 0.717) is 35.7 Å². The third kappa shape index (κ3) is 4.75. The lowest BCUT2D eigenvalue weighted by molar-refractivity contribution is 0.379. The van der Waals surface area contributed by atoms with Crippen LogP contribution in [-0.4, -0.2) is 29.2 Å². The van der Waals surface area contributed by atoms with Gasteiger partial charge in [0.2, 0.25) is 11.7 Å². The predicted molar refractivity (Wildman–Crippen MR) is 83.2 cm³/mol. The van der Waals surface area contributed by atoms with Crippen molar-refractivity contribution < 1.29 is 4.52 Å². The Bertz CT molecular complexity index is 594. The molecule has 2 rings (SSSR count). The molecule has 3 N–H and O–H groups in total. The van der Waals surface area contributed by atoms with Crippen LogP contribution in [0.3, 0.4) is 0 Å². The summed E-state index contributed by atoms with van der Waals surface area (Å²) in [6.45, 7) is 3.37. The lowest BCUT2D eigenvalue weighted by Gasteiger charge is -2.02. The van der Waals surface area contributed by atoms with E-state index in [4.69, 9.17) is 21.9 Å². The summed E-state index contributed by atoms with van der Waals surface area (Å²) >= 11 is 5.84. The fourth-order valence-electron chi connectivity index (χ4n) is 1.66. The zero-order valence-electron chi connectivity index (χ0n) is 11.8. The third-order valence-corrected chi connectivity index (χ3v) is 2.97. The Labute approximate surface area is 128 Å². The molecule has 1 heterocycles. The molecule has 1 aromatic heterocycles. The van der Waals surface area contributed by atoms with Gasteiger partial charge in [-0.1, -0.05) is 23.7 Å². The van der Waals surface area contributed by atoms with Crippen molar-refractivity contribution in [2.75, 3.05) is 13.1 Å². The molecule has 21 heavy (non-hydrogen) atoms. The quantitative estimate of drug-likeness (QED) is 0.631. The van der Waals surface area contributed by atoms with Crippen LogP contribution in [-0.2, 0) is 6.42 Å². The maximum Gasteiger partial charge on any atom is 0.228 e. The van der Waals surface area contributed by atoms with Crippen LogP contribution in [0.15, 0.2) is 33.8 Å². The molecule has 6 nitrogen and oxygen atoms in total. The number of benzene rings is 1. The average molecular weight is 308 g/mol. The largest absolute Gasteiger partial charge is 0.370 e. The van der Waals surface area contributed by atoms with Gasteiger partial charge in [0.15, 0.2) is 5.96 Å². The van der Waals surface area contributed by atoms with Crippen LogP contribution < -0.4 is 11.1 Å². The van der Waals surface area contributed by atoms with Crippen molar-refractivity contribution in [3.8, 4) is 11.4 Å². The van der Waals surface area contributed by atoms with Crippen molar-refractivity contribution in [1.29, 1.82) is 0 Å². The summed E-state index contributed by atoms with van der Waals surface area (Å²) in [6.07, 6.45) is 1.55. The molecular weight excluding hydrogens is 290 g/mol. The molecule has 7 heteroatoms. The topological polar surface area (TPSA) is 89.3 Å². The molecule has 0 amide bonds. The zero-order chi connectivity index (χ0) is 15.1. The maximum absolute atomic E-state index is 5.84. The highest BCUT2D eigenvalue weighted by Crippen LogP contribution is 2.18. The number of halogens is 1. The summed E-state index contributed by atoms with van der Waals surface area (Å²) in [5.74, 6) is 1.54. The fourth-order valence-corrected chi connectivity index (χ4v) is 1.78. The molecule has 0 atom stereocenters. The molecule has 0 spiro atoms. The van der Waals surface area contributed by atoms with Crippen LogP contribution in [0.1, 0.15) is 19.2 Å². The highest BCUT2D eigenvalue weighted by molar-refractivity contribution is 6.30. The van der Waals surface area contributed by atoms with Crippen molar-refractivity contribution in [2.45, 2.75) is 19.8 Å². The van der Waals surface area contributed by atoms with Crippen LogP contribution in [0, 0.1) is 0 Å². The molecule has 0 aliphatic carbocycles. The number of nitrogens with zero attached hydrogens (tertiary/aromatic N) is 3. The molecule has 2 aromatic rings. The fraction of sp³-hybridized carbons (Fsp3) is 0.357. The van der Waals surface area contributed by atoms with Crippen LogP contribution >= 0.6 is 11.6 Å². The molecule has 0 saturated heterocycles. The first-order valence-electron chi connectivity index (χ1n) is 6.81. The minimum atomic E-state index is 0.439. The summed E-state index contributed by atoms with van der Waals surface area (Å²) in [4.78, 5) is 8.47. The predicted octanol–water partition coefficient (Wildman–Crippen LogP) is 2.25. The number of hydrogen-bond donors (Lipinski definition) is 2. The van der Waals surface area contributed by atoms with Gasteiger partial charge < -0.3 is 15.6 Å². The molecule has 0 aliphatic heterocycles. The molecule has 112 valence electrons. The van der Waals surface area contributed by atoms with Crippen molar-refractivity contribution in [3.63, 3.8) is 0 Å². The van der Waals surface area contributed by atoms with Crippen molar-refractivity contribution in [3.05, 3.63) is 35.2 Å². The molecule has 0 radical (unpaired) electrons. The van der Waals surface area contributed by atoms with Crippen molar-refractivity contribution in [1.82, 2.24) is 15.5 Å². The van der Waals surface area contributed by atoms with Gasteiger partial charge in [-0.15, -0.1) is 0 Å². The Morgan fingerprint density at radius 1 is 1.38 bits per heavy atom. The van der Waals surface area contributed by atoms with Crippen LogP contribution in [0.2, 0.25) is 5.02 Å². The van der Waals surface area contributed by atoms with Gasteiger partial charge in [-0.3, -0.25) is 4.99 Å². The van der Waals surface area contributed by atoms with E-state index in [1.807, 2.05) is 19.1 Å². The number of guanidine groups is 1. The van der Waals surface area contributed by atoms with Crippen LogP contribution in [0.5, 0.6) is 0 Å². The Morgan fingerprint density at radius 2 is 2.14 bits per heavy atom. The van der Waals surface area contributed by atoms with Gasteiger partial charge in [-0.05, 0) is 30.7 Å². The van der Waals surface area contributed by atoms with E-state index in [1.165, 1.54) is 0 Å². The van der Waals surface area contributed by atoms with Gasteiger partial charge in [0, 0.05) is 30.1 Å². The normalized spacial score (nSPS) is 11.6. The first-order valence-corrected chi connectivity index (χ1v) is 7.19. The number of rotatable bonds is 6. The number of nitrogens with two attached hydrogens (primary N) is 1. The second kappa shape index (κ2) is 7.64. The maximum atomic E-state index is 5.84. The van der Waals surface area contributed by atoms with E-state index in [2.05, 4.69) is 20.4 Å². The van der Waals surface area contributed by atoms with Gasteiger partial charge in [-0.2, -0.15) is 4.98 Å². The smallest absolute Gasteiger partial charge is 0.228 e. The number of hydrogen-bond acceptors (Lipinski definition) is 4. The number of nitrogens with one attached hydrogen (secondary N) is 1. The minimum Gasteiger partial charge on any atom is -0.370 e. The third-order valence-electron chi connectivity index (χ3n) is 2.72.